The van der Waals surface area contributed by atoms with Gasteiger partial charge in [-0.2, -0.15) is 0 Å². The van der Waals surface area contributed by atoms with Gasteiger partial charge in [0.1, 0.15) is 13.2 Å². The minimum atomic E-state index is -0.760. The van der Waals surface area contributed by atoms with Crippen molar-refractivity contribution >= 4 is 17.9 Å². The zero-order chi connectivity index (χ0) is 44.5. The maximum atomic E-state index is 12.8. The fourth-order valence-corrected chi connectivity index (χ4v) is 8.39. The Morgan fingerprint density at radius 2 is 0.541 bits per heavy atom. The van der Waals surface area contributed by atoms with Crippen molar-refractivity contribution in [1.29, 1.82) is 0 Å². The van der Waals surface area contributed by atoms with E-state index in [0.717, 1.165) is 63.7 Å². The van der Waals surface area contributed by atoms with Crippen molar-refractivity contribution in [2.75, 3.05) is 13.2 Å². The van der Waals surface area contributed by atoms with E-state index < -0.39 is 6.10 Å². The van der Waals surface area contributed by atoms with Crippen molar-refractivity contribution in [3.63, 3.8) is 0 Å². The molecule has 0 aromatic rings. The topological polar surface area (TPSA) is 78.9 Å². The first-order valence-electron chi connectivity index (χ1n) is 27.4. The highest BCUT2D eigenvalue weighted by atomic mass is 16.6. The van der Waals surface area contributed by atoms with Gasteiger partial charge in [-0.05, 0) is 25.2 Å². The molecule has 0 aliphatic heterocycles. The third-order valence-electron chi connectivity index (χ3n) is 12.5. The molecular formula is C55H106O6. The van der Waals surface area contributed by atoms with E-state index in [9.17, 15) is 14.4 Å². The summed E-state index contributed by atoms with van der Waals surface area (Å²) in [5.74, 6) is -0.00797. The van der Waals surface area contributed by atoms with Gasteiger partial charge in [0.2, 0.25) is 0 Å². The Morgan fingerprint density at radius 1 is 0.311 bits per heavy atom. The Hall–Kier alpha value is -1.59. The van der Waals surface area contributed by atoms with Crippen molar-refractivity contribution in [3.8, 4) is 0 Å². The molecule has 0 saturated heterocycles. The number of hydrogen-bond donors (Lipinski definition) is 0. The molecule has 362 valence electrons. The molecule has 61 heavy (non-hydrogen) atoms. The van der Waals surface area contributed by atoms with Gasteiger partial charge in [-0.25, -0.2) is 0 Å². The van der Waals surface area contributed by atoms with Gasteiger partial charge in [0.15, 0.2) is 6.10 Å². The summed E-state index contributed by atoms with van der Waals surface area (Å²) in [6.07, 6.45) is 52.3. The molecule has 0 aromatic carbocycles. The third kappa shape index (κ3) is 49.3. The highest BCUT2D eigenvalue weighted by Gasteiger charge is 2.19. The Balaban J connectivity index is 4.26. The molecular weight excluding hydrogens is 757 g/mol. The first-order valence-corrected chi connectivity index (χ1v) is 27.4. The zero-order valence-corrected chi connectivity index (χ0v) is 41.6. The highest BCUT2D eigenvalue weighted by molar-refractivity contribution is 5.71. The van der Waals surface area contributed by atoms with Crippen LogP contribution in [0, 0.1) is 5.92 Å². The van der Waals surface area contributed by atoms with E-state index in [0.29, 0.717) is 19.3 Å². The summed E-state index contributed by atoms with van der Waals surface area (Å²) < 4.78 is 16.8. The van der Waals surface area contributed by atoms with Gasteiger partial charge < -0.3 is 14.2 Å². The minimum absolute atomic E-state index is 0.0625. The van der Waals surface area contributed by atoms with E-state index in [2.05, 4.69) is 27.7 Å². The molecule has 0 fully saturated rings. The lowest BCUT2D eigenvalue weighted by atomic mass is 10.0. The van der Waals surface area contributed by atoms with E-state index in [4.69, 9.17) is 14.2 Å². The molecule has 0 N–H and O–H groups in total. The fraction of sp³-hybridized carbons (Fsp3) is 0.945. The van der Waals surface area contributed by atoms with Gasteiger partial charge in [0.25, 0.3) is 0 Å². The molecule has 0 bridgehead atoms. The number of carbonyl (C=O) groups excluding carboxylic acids is 3. The summed E-state index contributed by atoms with van der Waals surface area (Å²) in [7, 11) is 0. The average Bonchev–Trinajstić information content (AvgIpc) is 3.24. The van der Waals surface area contributed by atoms with Crippen molar-refractivity contribution in [2.24, 2.45) is 5.92 Å². The van der Waals surface area contributed by atoms with Crippen LogP contribution >= 0.6 is 0 Å². The van der Waals surface area contributed by atoms with Gasteiger partial charge >= 0.3 is 17.9 Å². The molecule has 0 rings (SSSR count). The quantitative estimate of drug-likeness (QED) is 0.0344. The average molecular weight is 863 g/mol. The van der Waals surface area contributed by atoms with Gasteiger partial charge in [-0.15, -0.1) is 0 Å². The summed E-state index contributed by atoms with van der Waals surface area (Å²) in [6.45, 7) is 9.03. The van der Waals surface area contributed by atoms with Crippen LogP contribution in [0.1, 0.15) is 310 Å². The molecule has 0 heterocycles. The maximum Gasteiger partial charge on any atom is 0.306 e. The third-order valence-corrected chi connectivity index (χ3v) is 12.5. The Labute approximate surface area is 380 Å². The van der Waals surface area contributed by atoms with Crippen molar-refractivity contribution in [1.82, 2.24) is 0 Å². The molecule has 0 saturated carbocycles. The van der Waals surface area contributed by atoms with Crippen molar-refractivity contribution in [2.45, 2.75) is 316 Å². The Bertz CT molecular complexity index is 918. The molecule has 0 aromatic heterocycles. The molecule has 0 unspecified atom stereocenters. The fourth-order valence-electron chi connectivity index (χ4n) is 8.39. The molecule has 6 heteroatoms. The number of esters is 3. The molecule has 0 spiro atoms. The maximum absolute atomic E-state index is 12.8. The predicted molar refractivity (Wildman–Crippen MR) is 261 cm³/mol. The summed E-state index contributed by atoms with van der Waals surface area (Å²) in [5.41, 5.74) is 0. The molecule has 1 atom stereocenters. The number of ether oxygens (including phenoxy) is 3. The van der Waals surface area contributed by atoms with Gasteiger partial charge in [-0.1, -0.05) is 272 Å². The second-order valence-electron chi connectivity index (χ2n) is 19.3. The highest BCUT2D eigenvalue weighted by Crippen LogP contribution is 2.17. The van der Waals surface area contributed by atoms with Gasteiger partial charge in [-0.3, -0.25) is 14.4 Å². The van der Waals surface area contributed by atoms with Crippen LogP contribution < -0.4 is 0 Å². The van der Waals surface area contributed by atoms with Crippen LogP contribution in [0.2, 0.25) is 0 Å². The second kappa shape index (κ2) is 49.4. The smallest absolute Gasteiger partial charge is 0.306 e. The normalized spacial score (nSPS) is 12.0. The van der Waals surface area contributed by atoms with Crippen LogP contribution in [-0.4, -0.2) is 37.2 Å². The lowest BCUT2D eigenvalue weighted by Crippen LogP contribution is -2.30. The molecule has 0 aliphatic rings. The summed E-state index contributed by atoms with van der Waals surface area (Å²) in [6, 6.07) is 0. The largest absolute Gasteiger partial charge is 0.462 e. The predicted octanol–water partition coefficient (Wildman–Crippen LogP) is 17.8. The summed E-state index contributed by atoms with van der Waals surface area (Å²) >= 11 is 0. The first kappa shape index (κ1) is 59.4. The molecule has 0 aliphatic carbocycles. The van der Waals surface area contributed by atoms with Crippen molar-refractivity contribution < 1.29 is 28.6 Å². The number of rotatable bonds is 50. The first-order chi connectivity index (χ1) is 29.9. The van der Waals surface area contributed by atoms with E-state index >= 15 is 0 Å². The van der Waals surface area contributed by atoms with Crippen molar-refractivity contribution in [3.05, 3.63) is 0 Å². The van der Waals surface area contributed by atoms with E-state index in [1.165, 1.54) is 205 Å². The van der Waals surface area contributed by atoms with Crippen LogP contribution in [0.5, 0.6) is 0 Å². The number of hydrogen-bond acceptors (Lipinski definition) is 6. The lowest BCUT2D eigenvalue weighted by molar-refractivity contribution is -0.167. The van der Waals surface area contributed by atoms with Crippen LogP contribution in [-0.2, 0) is 28.6 Å². The zero-order valence-electron chi connectivity index (χ0n) is 41.6. The molecule has 6 nitrogen and oxygen atoms in total. The SMILES string of the molecule is CCCCCCCCCCCCCCCCCCCCC(=O)O[C@H](COC(=O)CCCCCCCCCCCC)COC(=O)CCCCCCCCCCCCCCC(C)C. The standard InChI is InChI=1S/C55H106O6/c1-5-7-9-11-13-15-17-18-19-20-21-22-23-28-32-36-40-44-48-55(58)61-52(49-59-53(56)46-42-38-34-30-16-14-12-10-8-6-2)50-60-54(57)47-43-39-35-31-27-25-24-26-29-33-37-41-45-51(3)4/h51-52H,5-50H2,1-4H3/t52-/m1/s1. The van der Waals surface area contributed by atoms with Gasteiger partial charge in [0.05, 0.1) is 0 Å². The van der Waals surface area contributed by atoms with E-state index in [-0.39, 0.29) is 31.1 Å². The van der Waals surface area contributed by atoms with E-state index in [1.54, 1.807) is 0 Å². The Morgan fingerprint density at radius 3 is 0.803 bits per heavy atom. The molecule has 0 amide bonds. The van der Waals surface area contributed by atoms with Crippen LogP contribution in [0.25, 0.3) is 0 Å². The van der Waals surface area contributed by atoms with E-state index in [1.807, 2.05) is 0 Å². The minimum Gasteiger partial charge on any atom is -0.462 e. The Kier molecular flexibility index (Phi) is 48.1. The molecule has 0 radical (unpaired) electrons. The lowest BCUT2D eigenvalue weighted by Gasteiger charge is -2.18. The monoisotopic (exact) mass is 863 g/mol. The number of carbonyl (C=O) groups is 3. The van der Waals surface area contributed by atoms with Gasteiger partial charge in [0, 0.05) is 19.3 Å². The second-order valence-corrected chi connectivity index (χ2v) is 19.3. The van der Waals surface area contributed by atoms with Crippen LogP contribution in [0.15, 0.2) is 0 Å². The summed E-state index contributed by atoms with van der Waals surface area (Å²) in [5, 5.41) is 0. The summed E-state index contributed by atoms with van der Waals surface area (Å²) in [4.78, 5) is 38.0. The van der Waals surface area contributed by atoms with Crippen LogP contribution in [0.4, 0.5) is 0 Å². The van der Waals surface area contributed by atoms with Crippen LogP contribution in [0.3, 0.4) is 0 Å². The number of unbranched alkanes of at least 4 members (excludes halogenated alkanes) is 37.